The molecule has 5 heteroatoms. The zero-order valence-electron chi connectivity index (χ0n) is 12.9. The molecule has 122 valence electrons. The standard InChI is InChI=1S/C20H12ClNO3/c21-14-9-10-16-18(11-14)25-17-4-2-1-3-15(17)19(22-16)12-5-7-13(8-6-12)20(23)24/h1-11H,(H,23,24). The van der Waals surface area contributed by atoms with Gasteiger partial charge < -0.3 is 9.84 Å². The van der Waals surface area contributed by atoms with Gasteiger partial charge in [-0.25, -0.2) is 9.79 Å². The Morgan fingerprint density at radius 1 is 0.960 bits per heavy atom. The smallest absolute Gasteiger partial charge is 0.335 e. The maximum Gasteiger partial charge on any atom is 0.335 e. The molecule has 0 bridgehead atoms. The van der Waals surface area contributed by atoms with Crippen LogP contribution in [0.5, 0.6) is 11.5 Å². The second kappa shape index (κ2) is 6.07. The lowest BCUT2D eigenvalue weighted by Crippen LogP contribution is -2.04. The lowest BCUT2D eigenvalue weighted by molar-refractivity contribution is 0.0697. The van der Waals surface area contributed by atoms with E-state index in [0.717, 1.165) is 11.1 Å². The number of ether oxygens (including phenoxy) is 1. The van der Waals surface area contributed by atoms with E-state index in [9.17, 15) is 4.79 Å². The summed E-state index contributed by atoms with van der Waals surface area (Å²) in [6, 6.07) is 19.5. The van der Waals surface area contributed by atoms with Crippen LogP contribution in [0.1, 0.15) is 21.5 Å². The quantitative estimate of drug-likeness (QED) is 0.533. The molecule has 0 atom stereocenters. The molecule has 0 aliphatic carbocycles. The molecule has 4 nitrogen and oxygen atoms in total. The van der Waals surface area contributed by atoms with Crippen molar-refractivity contribution in [2.75, 3.05) is 0 Å². The third-order valence-electron chi connectivity index (χ3n) is 3.92. The van der Waals surface area contributed by atoms with Gasteiger partial charge in [0.25, 0.3) is 0 Å². The molecule has 0 amide bonds. The van der Waals surface area contributed by atoms with Gasteiger partial charge in [-0.15, -0.1) is 0 Å². The first-order chi connectivity index (χ1) is 12.1. The number of nitrogens with zero attached hydrogens (tertiary/aromatic N) is 1. The summed E-state index contributed by atoms with van der Waals surface area (Å²) in [4.78, 5) is 15.8. The van der Waals surface area contributed by atoms with E-state index < -0.39 is 5.97 Å². The van der Waals surface area contributed by atoms with E-state index in [1.807, 2.05) is 24.3 Å². The van der Waals surface area contributed by atoms with Crippen molar-refractivity contribution in [3.63, 3.8) is 0 Å². The molecule has 0 fully saturated rings. The molecule has 0 saturated heterocycles. The minimum atomic E-state index is -0.960. The fourth-order valence-electron chi connectivity index (χ4n) is 2.70. The van der Waals surface area contributed by atoms with E-state index in [-0.39, 0.29) is 5.56 Å². The number of aliphatic imine (C=N–C) groups is 1. The van der Waals surface area contributed by atoms with Crippen LogP contribution in [0.3, 0.4) is 0 Å². The SMILES string of the molecule is O=C(O)c1ccc(C2=Nc3ccc(Cl)cc3Oc3ccccc32)cc1. The summed E-state index contributed by atoms with van der Waals surface area (Å²) < 4.78 is 6.00. The molecular weight excluding hydrogens is 338 g/mol. The van der Waals surface area contributed by atoms with Gasteiger partial charge in [-0.2, -0.15) is 0 Å². The van der Waals surface area contributed by atoms with E-state index >= 15 is 0 Å². The molecule has 0 unspecified atom stereocenters. The predicted molar refractivity (Wildman–Crippen MR) is 96.7 cm³/mol. The van der Waals surface area contributed by atoms with Crippen molar-refractivity contribution in [3.05, 3.63) is 88.4 Å². The highest BCUT2D eigenvalue weighted by Gasteiger charge is 2.19. The van der Waals surface area contributed by atoms with E-state index in [0.29, 0.717) is 27.9 Å². The van der Waals surface area contributed by atoms with Crippen molar-refractivity contribution in [2.45, 2.75) is 0 Å². The maximum atomic E-state index is 11.1. The second-order valence-corrected chi connectivity index (χ2v) is 5.99. The summed E-state index contributed by atoms with van der Waals surface area (Å²) in [6.07, 6.45) is 0. The molecule has 1 N–H and O–H groups in total. The van der Waals surface area contributed by atoms with E-state index in [2.05, 4.69) is 0 Å². The molecule has 1 heterocycles. The van der Waals surface area contributed by atoms with Crippen molar-refractivity contribution in [2.24, 2.45) is 4.99 Å². The first-order valence-electron chi connectivity index (χ1n) is 7.61. The predicted octanol–water partition coefficient (Wildman–Crippen LogP) is 5.31. The number of carboxylic acid groups (broad SMARTS) is 1. The number of hydrogen-bond acceptors (Lipinski definition) is 3. The number of para-hydroxylation sites is 1. The number of benzene rings is 3. The van der Waals surface area contributed by atoms with Crippen LogP contribution in [0.15, 0.2) is 71.7 Å². The molecule has 1 aliphatic heterocycles. The van der Waals surface area contributed by atoms with Crippen LogP contribution in [0.2, 0.25) is 5.02 Å². The average molecular weight is 350 g/mol. The normalized spacial score (nSPS) is 12.3. The zero-order valence-corrected chi connectivity index (χ0v) is 13.7. The Kier molecular flexibility index (Phi) is 3.75. The first kappa shape index (κ1) is 15.4. The second-order valence-electron chi connectivity index (χ2n) is 5.55. The van der Waals surface area contributed by atoms with Gasteiger partial charge in [0, 0.05) is 22.2 Å². The van der Waals surface area contributed by atoms with E-state index in [4.69, 9.17) is 26.4 Å². The van der Waals surface area contributed by atoms with Crippen LogP contribution in [-0.2, 0) is 0 Å². The number of rotatable bonds is 2. The van der Waals surface area contributed by atoms with Gasteiger partial charge >= 0.3 is 5.97 Å². The van der Waals surface area contributed by atoms with E-state index in [1.54, 1.807) is 42.5 Å². The summed E-state index contributed by atoms with van der Waals surface area (Å²) in [7, 11) is 0. The molecule has 3 aromatic carbocycles. The summed E-state index contributed by atoms with van der Waals surface area (Å²) >= 11 is 6.07. The maximum absolute atomic E-state index is 11.1. The number of carbonyl (C=O) groups is 1. The van der Waals surface area contributed by atoms with E-state index in [1.165, 1.54) is 0 Å². The van der Waals surface area contributed by atoms with Crippen molar-refractivity contribution < 1.29 is 14.6 Å². The molecule has 25 heavy (non-hydrogen) atoms. The minimum absolute atomic E-state index is 0.231. The molecule has 0 radical (unpaired) electrons. The minimum Gasteiger partial charge on any atom is -0.478 e. The van der Waals surface area contributed by atoms with Gasteiger partial charge in [0.2, 0.25) is 0 Å². The van der Waals surface area contributed by atoms with Crippen molar-refractivity contribution in [3.8, 4) is 11.5 Å². The van der Waals surface area contributed by atoms with Gasteiger partial charge in [-0.05, 0) is 36.4 Å². The largest absolute Gasteiger partial charge is 0.478 e. The fourth-order valence-corrected chi connectivity index (χ4v) is 2.87. The van der Waals surface area contributed by atoms with Crippen molar-refractivity contribution >= 4 is 29.0 Å². The van der Waals surface area contributed by atoms with Gasteiger partial charge in [0.1, 0.15) is 11.4 Å². The molecule has 1 aliphatic rings. The average Bonchev–Trinajstić information content (AvgIpc) is 2.78. The number of carboxylic acids is 1. The summed E-state index contributed by atoms with van der Waals surface area (Å²) in [6.45, 7) is 0. The highest BCUT2D eigenvalue weighted by molar-refractivity contribution is 6.30. The monoisotopic (exact) mass is 349 g/mol. The van der Waals surface area contributed by atoms with Gasteiger partial charge in [-0.3, -0.25) is 0 Å². The Labute approximate surface area is 149 Å². The van der Waals surface area contributed by atoms with Gasteiger partial charge in [0.15, 0.2) is 5.75 Å². The highest BCUT2D eigenvalue weighted by Crippen LogP contribution is 2.40. The van der Waals surface area contributed by atoms with Crippen LogP contribution >= 0.6 is 11.6 Å². The zero-order chi connectivity index (χ0) is 17.4. The molecule has 0 saturated carbocycles. The van der Waals surface area contributed by atoms with Gasteiger partial charge in [-0.1, -0.05) is 35.9 Å². The first-order valence-corrected chi connectivity index (χ1v) is 7.99. The lowest BCUT2D eigenvalue weighted by Gasteiger charge is -2.10. The Balaban J connectivity index is 1.92. The van der Waals surface area contributed by atoms with Crippen LogP contribution < -0.4 is 4.74 Å². The molecule has 4 rings (SSSR count). The van der Waals surface area contributed by atoms with Crippen LogP contribution in [0, 0.1) is 0 Å². The van der Waals surface area contributed by atoms with Crippen LogP contribution in [0.25, 0.3) is 0 Å². The van der Waals surface area contributed by atoms with Crippen LogP contribution in [-0.4, -0.2) is 16.8 Å². The topological polar surface area (TPSA) is 58.9 Å². The number of halogens is 1. The third-order valence-corrected chi connectivity index (χ3v) is 4.16. The highest BCUT2D eigenvalue weighted by atomic mass is 35.5. The Morgan fingerprint density at radius 3 is 2.48 bits per heavy atom. The molecule has 3 aromatic rings. The summed E-state index contributed by atoms with van der Waals surface area (Å²) in [5.74, 6) is 0.291. The number of fused-ring (bicyclic) bond motifs is 2. The fraction of sp³-hybridized carbons (Fsp3) is 0. The summed E-state index contributed by atoms with van der Waals surface area (Å²) in [5.41, 5.74) is 3.25. The van der Waals surface area contributed by atoms with Crippen molar-refractivity contribution in [1.82, 2.24) is 0 Å². The number of hydrogen-bond donors (Lipinski definition) is 1. The Hall–Kier alpha value is -3.11. The van der Waals surface area contributed by atoms with Gasteiger partial charge in [0.05, 0.1) is 11.3 Å². The molecule has 0 aromatic heterocycles. The Morgan fingerprint density at radius 2 is 1.72 bits per heavy atom. The number of aromatic carboxylic acids is 1. The van der Waals surface area contributed by atoms with Crippen molar-refractivity contribution in [1.29, 1.82) is 0 Å². The molecular formula is C20H12ClNO3. The Bertz CT molecular complexity index is 1010. The van der Waals surface area contributed by atoms with Crippen LogP contribution in [0.4, 0.5) is 5.69 Å². The summed E-state index contributed by atoms with van der Waals surface area (Å²) in [5, 5.41) is 9.65. The third kappa shape index (κ3) is 2.88. The lowest BCUT2D eigenvalue weighted by atomic mass is 10.00. The molecule has 0 spiro atoms.